The van der Waals surface area contributed by atoms with E-state index in [-0.39, 0.29) is 0 Å². The van der Waals surface area contributed by atoms with E-state index in [0.717, 1.165) is 18.8 Å². The fourth-order valence-electron chi connectivity index (χ4n) is 1.00. The van der Waals surface area contributed by atoms with E-state index in [4.69, 9.17) is 0 Å². The highest BCUT2D eigenvalue weighted by Crippen LogP contribution is 2.08. The molecular formula is C6H11N3. The number of hydrogen-bond donors (Lipinski definition) is 0. The molecule has 0 radical (unpaired) electrons. The lowest BCUT2D eigenvalue weighted by atomic mass is 10.4. The van der Waals surface area contributed by atoms with Gasteiger partial charge in [0.05, 0.1) is 0 Å². The summed E-state index contributed by atoms with van der Waals surface area (Å²) in [7, 11) is 2.02. The van der Waals surface area contributed by atoms with E-state index in [1.165, 1.54) is 6.42 Å². The lowest BCUT2D eigenvalue weighted by molar-refractivity contribution is 0.548. The molecular weight excluding hydrogens is 114 g/mol. The van der Waals surface area contributed by atoms with Crippen LogP contribution in [0.25, 0.3) is 0 Å². The van der Waals surface area contributed by atoms with Crippen LogP contribution in [0, 0.1) is 0 Å². The molecule has 0 aromatic carbocycles. The van der Waals surface area contributed by atoms with Gasteiger partial charge in [0.15, 0.2) is 0 Å². The van der Waals surface area contributed by atoms with Crippen LogP contribution in [0.15, 0.2) is 10.2 Å². The third-order valence-electron chi connectivity index (χ3n) is 1.52. The van der Waals surface area contributed by atoms with Crippen LogP contribution in [0.5, 0.6) is 0 Å². The summed E-state index contributed by atoms with van der Waals surface area (Å²) < 4.78 is 0. The summed E-state index contributed by atoms with van der Waals surface area (Å²) in [5, 5.41) is 7.33. The first-order chi connectivity index (χ1) is 4.34. The molecule has 3 heteroatoms. The van der Waals surface area contributed by atoms with Gasteiger partial charge in [-0.3, -0.25) is 0 Å². The predicted molar refractivity (Wildman–Crippen MR) is 38.8 cm³/mol. The number of rotatable bonds is 1. The van der Waals surface area contributed by atoms with Gasteiger partial charge in [0.25, 0.3) is 0 Å². The number of hydrogen-bond acceptors (Lipinski definition) is 2. The van der Waals surface area contributed by atoms with Crippen LogP contribution < -0.4 is 0 Å². The van der Waals surface area contributed by atoms with Crippen molar-refractivity contribution >= 4 is 12.6 Å². The highest BCUT2D eigenvalue weighted by atomic mass is 15.3. The van der Waals surface area contributed by atoms with Crippen LogP contribution in [0.3, 0.4) is 0 Å². The maximum atomic E-state index is 3.86. The van der Waals surface area contributed by atoms with Crippen LogP contribution in [-0.2, 0) is 0 Å². The molecule has 1 saturated heterocycles. The number of amidine groups is 1. The van der Waals surface area contributed by atoms with E-state index in [0.29, 0.717) is 0 Å². The van der Waals surface area contributed by atoms with Crippen LogP contribution in [0.2, 0.25) is 0 Å². The molecule has 1 aliphatic heterocycles. The molecule has 3 nitrogen and oxygen atoms in total. The summed E-state index contributed by atoms with van der Waals surface area (Å²) >= 11 is 0. The molecule has 0 unspecified atom stereocenters. The van der Waals surface area contributed by atoms with Gasteiger partial charge in [-0.05, 0) is 6.42 Å². The van der Waals surface area contributed by atoms with Gasteiger partial charge in [-0.25, -0.2) is 0 Å². The van der Waals surface area contributed by atoms with Crippen LogP contribution in [-0.4, -0.2) is 31.0 Å². The van der Waals surface area contributed by atoms with Crippen molar-refractivity contribution in [2.75, 3.05) is 13.6 Å². The monoisotopic (exact) mass is 125 g/mol. The normalized spacial score (nSPS) is 23.2. The fourth-order valence-corrected chi connectivity index (χ4v) is 1.00. The second-order valence-electron chi connectivity index (χ2n) is 2.18. The third-order valence-corrected chi connectivity index (χ3v) is 1.52. The van der Waals surface area contributed by atoms with Crippen molar-refractivity contribution < 1.29 is 0 Å². The summed E-state index contributed by atoms with van der Waals surface area (Å²) in [4.78, 5) is 2.11. The molecule has 0 amide bonds. The summed E-state index contributed by atoms with van der Waals surface area (Å²) in [6, 6.07) is 0. The zero-order chi connectivity index (χ0) is 6.69. The zero-order valence-corrected chi connectivity index (χ0v) is 5.67. The Morgan fingerprint density at radius 3 is 2.89 bits per heavy atom. The molecule has 0 saturated carbocycles. The van der Waals surface area contributed by atoms with Gasteiger partial charge in [-0.1, -0.05) is 0 Å². The summed E-state index contributed by atoms with van der Waals surface area (Å²) in [6.45, 7) is 4.40. The van der Waals surface area contributed by atoms with Crippen molar-refractivity contribution in [2.24, 2.45) is 10.2 Å². The molecule has 1 aliphatic rings. The van der Waals surface area contributed by atoms with E-state index in [1.54, 1.807) is 0 Å². The van der Waals surface area contributed by atoms with Crippen molar-refractivity contribution in [2.45, 2.75) is 12.8 Å². The second-order valence-corrected chi connectivity index (χ2v) is 2.18. The molecule has 1 rings (SSSR count). The highest BCUT2D eigenvalue weighted by Gasteiger charge is 2.12. The van der Waals surface area contributed by atoms with E-state index in [1.807, 2.05) is 7.05 Å². The van der Waals surface area contributed by atoms with Crippen molar-refractivity contribution in [1.82, 2.24) is 4.90 Å². The molecule has 0 spiro atoms. The molecule has 9 heavy (non-hydrogen) atoms. The Kier molecular flexibility index (Phi) is 1.82. The van der Waals surface area contributed by atoms with Gasteiger partial charge in [0, 0.05) is 26.7 Å². The standard InChI is InChI=1S/C6H11N3/c1-7-8-6-4-3-5-9(6)2/h1,3-5H2,2H3/b8-6-. The Balaban J connectivity index is 2.58. The third kappa shape index (κ3) is 1.28. The minimum atomic E-state index is 1.05. The molecule has 0 aromatic rings. The zero-order valence-electron chi connectivity index (χ0n) is 5.67. The number of nitrogens with zero attached hydrogens (tertiary/aromatic N) is 3. The minimum absolute atomic E-state index is 1.05. The van der Waals surface area contributed by atoms with Crippen LogP contribution in [0.4, 0.5) is 0 Å². The highest BCUT2D eigenvalue weighted by molar-refractivity contribution is 5.83. The van der Waals surface area contributed by atoms with Gasteiger partial charge in [0.2, 0.25) is 0 Å². The average molecular weight is 125 g/mol. The quantitative estimate of drug-likeness (QED) is 0.375. The molecule has 0 atom stereocenters. The van der Waals surface area contributed by atoms with Crippen LogP contribution in [0.1, 0.15) is 12.8 Å². The van der Waals surface area contributed by atoms with Gasteiger partial charge in [0.1, 0.15) is 5.84 Å². The lowest BCUT2D eigenvalue weighted by Gasteiger charge is -2.07. The van der Waals surface area contributed by atoms with Gasteiger partial charge < -0.3 is 4.90 Å². The summed E-state index contributed by atoms with van der Waals surface area (Å²) in [6.07, 6.45) is 2.25. The van der Waals surface area contributed by atoms with E-state index in [9.17, 15) is 0 Å². The van der Waals surface area contributed by atoms with Gasteiger partial charge in [-0.15, -0.1) is 5.10 Å². The SMILES string of the molecule is C=N/N=C1/CCCN1C. The van der Waals surface area contributed by atoms with Gasteiger partial charge >= 0.3 is 0 Å². The Bertz CT molecular complexity index is 139. The maximum Gasteiger partial charge on any atom is 0.127 e. The molecule has 0 aromatic heterocycles. The Morgan fingerprint density at radius 2 is 2.44 bits per heavy atom. The Morgan fingerprint density at radius 1 is 1.67 bits per heavy atom. The van der Waals surface area contributed by atoms with Crippen molar-refractivity contribution in [3.63, 3.8) is 0 Å². The smallest absolute Gasteiger partial charge is 0.127 e. The maximum absolute atomic E-state index is 3.86. The first kappa shape index (κ1) is 6.26. The molecule has 1 heterocycles. The minimum Gasteiger partial charge on any atom is -0.362 e. The molecule has 50 valence electrons. The topological polar surface area (TPSA) is 28.0 Å². The van der Waals surface area contributed by atoms with Crippen molar-refractivity contribution in [1.29, 1.82) is 0 Å². The molecule has 1 fully saturated rings. The molecule has 0 aliphatic carbocycles. The van der Waals surface area contributed by atoms with E-state index >= 15 is 0 Å². The molecule has 0 bridgehead atoms. The average Bonchev–Trinajstić information content (AvgIpc) is 2.18. The van der Waals surface area contributed by atoms with Gasteiger partial charge in [-0.2, -0.15) is 5.10 Å². The first-order valence-corrected chi connectivity index (χ1v) is 3.08. The summed E-state index contributed by atoms with van der Waals surface area (Å²) in [5.41, 5.74) is 0. The number of likely N-dealkylation sites (tertiary alicyclic amines) is 1. The Labute approximate surface area is 55.1 Å². The second kappa shape index (κ2) is 2.62. The molecule has 0 N–H and O–H groups in total. The van der Waals surface area contributed by atoms with Crippen molar-refractivity contribution in [3.05, 3.63) is 0 Å². The lowest BCUT2D eigenvalue weighted by Crippen LogP contribution is -2.18. The van der Waals surface area contributed by atoms with Crippen molar-refractivity contribution in [3.8, 4) is 0 Å². The predicted octanol–water partition coefficient (Wildman–Crippen LogP) is 0.726. The van der Waals surface area contributed by atoms with E-state index in [2.05, 4.69) is 21.8 Å². The largest absolute Gasteiger partial charge is 0.362 e. The summed E-state index contributed by atoms with van der Waals surface area (Å²) in [5.74, 6) is 1.06. The Hall–Kier alpha value is -0.860. The first-order valence-electron chi connectivity index (χ1n) is 3.08. The van der Waals surface area contributed by atoms with Crippen LogP contribution >= 0.6 is 0 Å². The fraction of sp³-hybridized carbons (Fsp3) is 0.667. The van der Waals surface area contributed by atoms with E-state index < -0.39 is 0 Å².